The number of aryl methyl sites for hydroxylation is 1. The molecule has 0 aliphatic heterocycles. The Morgan fingerprint density at radius 2 is 1.73 bits per heavy atom. The average Bonchev–Trinajstić information content (AvgIpc) is 2.92. The van der Waals surface area contributed by atoms with Crippen molar-refractivity contribution in [1.29, 1.82) is 0 Å². The Balaban J connectivity index is 2.53. The van der Waals surface area contributed by atoms with Gasteiger partial charge in [0, 0.05) is 12.1 Å². The molecule has 0 aromatic heterocycles. The Morgan fingerprint density at radius 3 is 2.29 bits per heavy atom. The summed E-state index contributed by atoms with van der Waals surface area (Å²) >= 11 is 6.41. The summed E-state index contributed by atoms with van der Waals surface area (Å²) in [5, 5.41) is 15.9. The molecule has 2 rings (SSSR count). The van der Waals surface area contributed by atoms with Gasteiger partial charge in [0.1, 0.15) is 17.7 Å². The average molecular weight is 584 g/mol. The van der Waals surface area contributed by atoms with Gasteiger partial charge >= 0.3 is 6.09 Å². The van der Waals surface area contributed by atoms with Gasteiger partial charge in [0.2, 0.25) is 5.91 Å². The Bertz CT molecular complexity index is 1200. The Morgan fingerprint density at radius 1 is 1.07 bits per heavy atom. The number of carbonyl (C=O) groups is 3. The van der Waals surface area contributed by atoms with E-state index in [0.717, 1.165) is 31.2 Å². The van der Waals surface area contributed by atoms with Gasteiger partial charge in [0.15, 0.2) is 0 Å². The van der Waals surface area contributed by atoms with Crippen LogP contribution in [-0.4, -0.2) is 52.7 Å². The SMILES string of the molecule is C#Cc1ccc(C(C(=O)Nc2c(C)cccc2Cl)N(CCCCCCC)C(=O)C(CO)NC(=O)OC(C)(C)C)cc1. The van der Waals surface area contributed by atoms with Crippen LogP contribution in [-0.2, 0) is 14.3 Å². The number of para-hydroxylation sites is 1. The summed E-state index contributed by atoms with van der Waals surface area (Å²) in [6.45, 7) is 8.55. The molecule has 3 N–H and O–H groups in total. The number of benzene rings is 2. The van der Waals surface area contributed by atoms with Crippen LogP contribution in [0, 0.1) is 19.3 Å². The molecule has 0 spiro atoms. The van der Waals surface area contributed by atoms with E-state index >= 15 is 0 Å². The number of unbranched alkanes of at least 4 members (excludes halogenated alkanes) is 4. The van der Waals surface area contributed by atoms with Crippen LogP contribution in [0.2, 0.25) is 5.02 Å². The molecule has 2 unspecified atom stereocenters. The topological polar surface area (TPSA) is 108 Å². The lowest BCUT2D eigenvalue weighted by Crippen LogP contribution is -2.54. The van der Waals surface area contributed by atoms with Crippen LogP contribution in [0.15, 0.2) is 42.5 Å². The van der Waals surface area contributed by atoms with Gasteiger partial charge in [-0.3, -0.25) is 9.59 Å². The van der Waals surface area contributed by atoms with Crippen molar-refractivity contribution >= 4 is 35.2 Å². The van der Waals surface area contributed by atoms with E-state index in [-0.39, 0.29) is 6.54 Å². The molecule has 2 atom stereocenters. The molecule has 0 aliphatic rings. The first kappa shape index (κ1) is 33.7. The van der Waals surface area contributed by atoms with Crippen LogP contribution in [0.5, 0.6) is 0 Å². The second-order valence-corrected chi connectivity index (χ2v) is 11.3. The second kappa shape index (κ2) is 16.0. The Labute approximate surface area is 248 Å². The monoisotopic (exact) mass is 583 g/mol. The molecule has 0 radical (unpaired) electrons. The number of rotatable bonds is 13. The number of anilines is 1. The number of ether oxygens (including phenoxy) is 1. The molecular formula is C32H42ClN3O5. The predicted molar refractivity (Wildman–Crippen MR) is 163 cm³/mol. The van der Waals surface area contributed by atoms with Gasteiger partial charge in [-0.2, -0.15) is 0 Å². The standard InChI is InChI=1S/C32H42ClN3O5/c1-7-9-10-11-12-20-36(30(39)26(21-37)34-31(40)41-32(4,5)6)28(24-18-16-23(8-2)17-19-24)29(38)35-27-22(3)14-13-15-25(27)33/h2,13-19,26,28,37H,7,9-12,20-21H2,1,3-6H3,(H,34,40)(H,35,38). The van der Waals surface area contributed by atoms with Crippen molar-refractivity contribution in [3.8, 4) is 12.3 Å². The zero-order valence-electron chi connectivity index (χ0n) is 24.6. The smallest absolute Gasteiger partial charge is 0.408 e. The minimum Gasteiger partial charge on any atom is -0.444 e. The quantitative estimate of drug-likeness (QED) is 0.198. The third-order valence-corrected chi connectivity index (χ3v) is 6.70. The third kappa shape index (κ3) is 10.4. The molecule has 8 nitrogen and oxygen atoms in total. The van der Waals surface area contributed by atoms with Gasteiger partial charge in [-0.1, -0.05) is 74.4 Å². The van der Waals surface area contributed by atoms with Crippen LogP contribution in [0.1, 0.15) is 82.5 Å². The van der Waals surface area contributed by atoms with Crippen molar-refractivity contribution in [2.24, 2.45) is 0 Å². The largest absolute Gasteiger partial charge is 0.444 e. The highest BCUT2D eigenvalue weighted by atomic mass is 35.5. The summed E-state index contributed by atoms with van der Waals surface area (Å²) in [6.07, 6.45) is 9.24. The van der Waals surface area contributed by atoms with Gasteiger partial charge in [-0.15, -0.1) is 6.42 Å². The molecule has 9 heteroatoms. The number of hydrogen-bond acceptors (Lipinski definition) is 5. The second-order valence-electron chi connectivity index (χ2n) is 10.9. The normalized spacial score (nSPS) is 12.5. The summed E-state index contributed by atoms with van der Waals surface area (Å²) < 4.78 is 5.30. The number of aliphatic hydroxyl groups is 1. The van der Waals surface area contributed by atoms with E-state index in [1.54, 1.807) is 57.2 Å². The molecule has 0 fully saturated rings. The molecule has 0 saturated carbocycles. The van der Waals surface area contributed by atoms with E-state index < -0.39 is 42.2 Å². The summed E-state index contributed by atoms with van der Waals surface area (Å²) in [7, 11) is 0. The van der Waals surface area contributed by atoms with Crippen LogP contribution in [0.25, 0.3) is 0 Å². The van der Waals surface area contributed by atoms with Crippen LogP contribution >= 0.6 is 11.6 Å². The molecule has 222 valence electrons. The van der Waals surface area contributed by atoms with E-state index in [1.165, 1.54) is 4.90 Å². The minimum absolute atomic E-state index is 0.214. The Kier molecular flexibility index (Phi) is 13.2. The maximum atomic E-state index is 14.0. The number of nitrogens with zero attached hydrogens (tertiary/aromatic N) is 1. The van der Waals surface area contributed by atoms with Crippen molar-refractivity contribution in [2.45, 2.75) is 84.4 Å². The number of carbonyl (C=O) groups excluding carboxylic acids is 3. The third-order valence-electron chi connectivity index (χ3n) is 6.38. The number of terminal acetylenes is 1. The van der Waals surface area contributed by atoms with Crippen LogP contribution in [0.3, 0.4) is 0 Å². The molecule has 41 heavy (non-hydrogen) atoms. The number of aliphatic hydroxyl groups excluding tert-OH is 1. The fraction of sp³-hybridized carbons (Fsp3) is 0.469. The van der Waals surface area contributed by atoms with E-state index in [1.807, 2.05) is 13.0 Å². The van der Waals surface area contributed by atoms with Crippen molar-refractivity contribution in [2.75, 3.05) is 18.5 Å². The predicted octanol–water partition coefficient (Wildman–Crippen LogP) is 5.99. The first-order valence-corrected chi connectivity index (χ1v) is 14.3. The molecule has 2 aromatic rings. The minimum atomic E-state index is -1.33. The lowest BCUT2D eigenvalue weighted by atomic mass is 10.00. The highest BCUT2D eigenvalue weighted by molar-refractivity contribution is 6.34. The summed E-state index contributed by atoms with van der Waals surface area (Å²) in [5.74, 6) is 1.44. The highest BCUT2D eigenvalue weighted by Gasteiger charge is 2.36. The molecular weight excluding hydrogens is 542 g/mol. The van der Waals surface area contributed by atoms with Crippen molar-refractivity contribution in [1.82, 2.24) is 10.2 Å². The van der Waals surface area contributed by atoms with Crippen molar-refractivity contribution < 1.29 is 24.2 Å². The number of halogens is 1. The molecule has 3 amide bonds. The number of alkyl carbamates (subject to hydrolysis) is 1. The maximum absolute atomic E-state index is 14.0. The maximum Gasteiger partial charge on any atom is 0.408 e. The fourth-order valence-corrected chi connectivity index (χ4v) is 4.57. The van der Waals surface area contributed by atoms with Gasteiger partial charge in [0.25, 0.3) is 5.91 Å². The van der Waals surface area contributed by atoms with Gasteiger partial charge in [-0.05, 0) is 63.4 Å². The summed E-state index contributed by atoms with van der Waals surface area (Å²) in [5.41, 5.74) is 1.52. The van der Waals surface area contributed by atoms with Gasteiger partial charge in [0.05, 0.1) is 17.3 Å². The van der Waals surface area contributed by atoms with Crippen molar-refractivity contribution in [3.05, 3.63) is 64.2 Å². The first-order valence-electron chi connectivity index (χ1n) is 13.9. The summed E-state index contributed by atoms with van der Waals surface area (Å²) in [6, 6.07) is 9.63. The zero-order chi connectivity index (χ0) is 30.6. The van der Waals surface area contributed by atoms with Gasteiger partial charge in [-0.25, -0.2) is 4.79 Å². The van der Waals surface area contributed by atoms with Gasteiger partial charge < -0.3 is 25.4 Å². The number of amides is 3. The van der Waals surface area contributed by atoms with Crippen LogP contribution in [0.4, 0.5) is 10.5 Å². The molecule has 2 aromatic carbocycles. The van der Waals surface area contributed by atoms with E-state index in [2.05, 4.69) is 23.5 Å². The van der Waals surface area contributed by atoms with E-state index in [4.69, 9.17) is 22.8 Å². The molecule has 0 bridgehead atoms. The lowest BCUT2D eigenvalue weighted by Gasteiger charge is -2.34. The number of hydrogen-bond donors (Lipinski definition) is 3. The lowest BCUT2D eigenvalue weighted by molar-refractivity contribution is -0.141. The van der Waals surface area contributed by atoms with E-state index in [0.29, 0.717) is 28.3 Å². The molecule has 0 aliphatic carbocycles. The zero-order valence-corrected chi connectivity index (χ0v) is 25.4. The summed E-state index contributed by atoms with van der Waals surface area (Å²) in [4.78, 5) is 41.9. The van der Waals surface area contributed by atoms with Crippen molar-refractivity contribution in [3.63, 3.8) is 0 Å². The molecule has 0 heterocycles. The highest BCUT2D eigenvalue weighted by Crippen LogP contribution is 2.30. The van der Waals surface area contributed by atoms with Crippen LogP contribution < -0.4 is 10.6 Å². The first-order chi connectivity index (χ1) is 19.4. The fourth-order valence-electron chi connectivity index (χ4n) is 4.30. The Hall–Kier alpha value is -3.54. The van der Waals surface area contributed by atoms with E-state index in [9.17, 15) is 19.5 Å². The number of nitrogens with one attached hydrogen (secondary N) is 2. The molecule has 0 saturated heterocycles.